The molecule has 2 fully saturated rings. The smallest absolute Gasteiger partial charge is 0.177 e. The van der Waals surface area contributed by atoms with Gasteiger partial charge in [0.1, 0.15) is 23.2 Å². The van der Waals surface area contributed by atoms with E-state index in [2.05, 4.69) is 0 Å². The molecular formula is C27H24O7. The number of rotatable bonds is 3. The van der Waals surface area contributed by atoms with Crippen LogP contribution in [0.25, 0.3) is 11.1 Å². The van der Waals surface area contributed by atoms with Crippen LogP contribution >= 0.6 is 0 Å². The van der Waals surface area contributed by atoms with Crippen molar-refractivity contribution in [3.63, 3.8) is 0 Å². The molecule has 1 N–H and O–H groups in total. The summed E-state index contributed by atoms with van der Waals surface area (Å²) < 4.78 is 5.17. The molecule has 3 aliphatic carbocycles. The predicted octanol–water partition coefficient (Wildman–Crippen LogP) is 2.99. The van der Waals surface area contributed by atoms with Crippen molar-refractivity contribution in [3.05, 3.63) is 47.5 Å². The average Bonchev–Trinajstić information content (AvgIpc) is 2.78. The maximum atomic E-state index is 13.6. The largest absolute Gasteiger partial charge is 0.507 e. The van der Waals surface area contributed by atoms with Crippen molar-refractivity contribution in [1.29, 1.82) is 0 Å². The number of methoxy groups -OCH3 is 1. The Morgan fingerprint density at radius 3 is 2.24 bits per heavy atom. The van der Waals surface area contributed by atoms with Crippen molar-refractivity contribution in [2.24, 2.45) is 29.6 Å². The van der Waals surface area contributed by atoms with E-state index in [0.717, 1.165) is 0 Å². The Hall–Kier alpha value is -3.61. The fraction of sp³-hybridized carbons (Fsp3) is 0.370. The number of aromatic hydroxyl groups is 1. The van der Waals surface area contributed by atoms with Crippen LogP contribution in [-0.2, 0) is 25.6 Å². The highest BCUT2D eigenvalue weighted by atomic mass is 16.5. The zero-order valence-corrected chi connectivity index (χ0v) is 18.9. The summed E-state index contributed by atoms with van der Waals surface area (Å²) in [5.74, 6) is -6.63. The van der Waals surface area contributed by atoms with Gasteiger partial charge in [-0.25, -0.2) is 0 Å². The molecule has 174 valence electrons. The number of phenolic OH excluding ortho intramolecular Hbond substituents is 1. The quantitative estimate of drug-likeness (QED) is 0.700. The Bertz CT molecular complexity index is 1260. The van der Waals surface area contributed by atoms with Gasteiger partial charge in [-0.3, -0.25) is 24.0 Å². The van der Waals surface area contributed by atoms with E-state index in [1.165, 1.54) is 6.92 Å². The third-order valence-electron chi connectivity index (χ3n) is 7.62. The first-order valence-electron chi connectivity index (χ1n) is 11.4. The number of Topliss-reactive ketones (excluding diaryl/α,β-unsaturated/α-hetero) is 5. The molecule has 5 atom stereocenters. The molecule has 5 rings (SSSR count). The van der Waals surface area contributed by atoms with Crippen molar-refractivity contribution >= 4 is 28.9 Å². The number of phenols is 1. The van der Waals surface area contributed by atoms with Crippen molar-refractivity contribution in [2.45, 2.75) is 26.2 Å². The molecule has 0 heterocycles. The molecular weight excluding hydrogens is 436 g/mol. The zero-order valence-electron chi connectivity index (χ0n) is 18.9. The van der Waals surface area contributed by atoms with Gasteiger partial charge in [-0.15, -0.1) is 0 Å². The molecule has 0 amide bonds. The predicted molar refractivity (Wildman–Crippen MR) is 121 cm³/mol. The molecule has 0 bridgehead atoms. The van der Waals surface area contributed by atoms with Crippen molar-refractivity contribution in [3.8, 4) is 22.6 Å². The molecule has 2 aromatic carbocycles. The van der Waals surface area contributed by atoms with Gasteiger partial charge < -0.3 is 9.84 Å². The summed E-state index contributed by atoms with van der Waals surface area (Å²) in [4.78, 5) is 64.4. The number of carbonyl (C=O) groups excluding carboxylic acids is 5. The first-order chi connectivity index (χ1) is 16.2. The maximum absolute atomic E-state index is 13.6. The summed E-state index contributed by atoms with van der Waals surface area (Å²) in [6, 6.07) is 10.6. The Balaban J connectivity index is 1.53. The SMILES string of the molecule is COc1ccc(-c2ccc3c(c2O)C(=O)C2C(=O)C4C(=O)C(C(C)=O)C(=O)CC4CC2C3)cc1. The number of benzene rings is 2. The molecule has 0 aromatic heterocycles. The molecule has 34 heavy (non-hydrogen) atoms. The highest BCUT2D eigenvalue weighted by Crippen LogP contribution is 2.49. The van der Waals surface area contributed by atoms with Crippen LogP contribution in [0.2, 0.25) is 0 Å². The highest BCUT2D eigenvalue weighted by Gasteiger charge is 2.57. The first-order valence-corrected chi connectivity index (χ1v) is 11.4. The Morgan fingerprint density at radius 1 is 0.912 bits per heavy atom. The lowest BCUT2D eigenvalue weighted by Crippen LogP contribution is -2.55. The van der Waals surface area contributed by atoms with E-state index in [1.54, 1.807) is 43.5 Å². The lowest BCUT2D eigenvalue weighted by Gasteiger charge is -2.44. The molecule has 3 aliphatic rings. The number of hydrogen-bond donors (Lipinski definition) is 1. The number of ketones is 5. The van der Waals surface area contributed by atoms with Crippen LogP contribution in [0.15, 0.2) is 36.4 Å². The molecule has 0 radical (unpaired) electrons. The average molecular weight is 460 g/mol. The second-order valence-corrected chi connectivity index (χ2v) is 9.52. The number of fused-ring (bicyclic) bond motifs is 3. The third kappa shape index (κ3) is 3.22. The molecule has 2 aromatic rings. The first kappa shape index (κ1) is 22.2. The Kier molecular flexibility index (Phi) is 5.23. The summed E-state index contributed by atoms with van der Waals surface area (Å²) in [5, 5.41) is 11.1. The molecule has 2 saturated carbocycles. The molecule has 7 heteroatoms. The summed E-state index contributed by atoms with van der Waals surface area (Å²) in [6.07, 6.45) is 0.781. The van der Waals surface area contributed by atoms with Crippen LogP contribution in [0.4, 0.5) is 0 Å². The molecule has 5 unspecified atom stereocenters. The van der Waals surface area contributed by atoms with Gasteiger partial charge >= 0.3 is 0 Å². The van der Waals surface area contributed by atoms with Crippen LogP contribution in [-0.4, -0.2) is 41.1 Å². The highest BCUT2D eigenvalue weighted by molar-refractivity contribution is 6.28. The van der Waals surface area contributed by atoms with Crippen molar-refractivity contribution in [1.82, 2.24) is 0 Å². The van der Waals surface area contributed by atoms with Crippen molar-refractivity contribution in [2.75, 3.05) is 7.11 Å². The van der Waals surface area contributed by atoms with Gasteiger partial charge in [0, 0.05) is 12.0 Å². The standard InChI is InChI=1S/C27H24O7/c1-12(28)20-19(29)11-16-10-15-9-14-5-8-18(13-3-6-17(34-2)7-4-13)24(30)21(14)26(32)22(15)27(33)23(16)25(20)31/h3-8,15-16,20,22-23,30H,9-11H2,1-2H3. The van der Waals surface area contributed by atoms with E-state index in [0.29, 0.717) is 35.3 Å². The topological polar surface area (TPSA) is 115 Å². The monoisotopic (exact) mass is 460 g/mol. The fourth-order valence-corrected chi connectivity index (χ4v) is 6.10. The summed E-state index contributed by atoms with van der Waals surface area (Å²) in [5.41, 5.74) is 1.92. The minimum Gasteiger partial charge on any atom is -0.507 e. The summed E-state index contributed by atoms with van der Waals surface area (Å²) >= 11 is 0. The second kappa shape index (κ2) is 8.01. The zero-order chi connectivity index (χ0) is 24.3. The minimum absolute atomic E-state index is 0.00167. The Labute approximate surface area is 196 Å². The maximum Gasteiger partial charge on any atom is 0.177 e. The lowest BCUT2D eigenvalue weighted by molar-refractivity contribution is -0.152. The van der Waals surface area contributed by atoms with Gasteiger partial charge in [-0.2, -0.15) is 0 Å². The van der Waals surface area contributed by atoms with E-state index in [9.17, 15) is 29.1 Å². The lowest BCUT2D eigenvalue weighted by atomic mass is 9.56. The van der Waals surface area contributed by atoms with Gasteiger partial charge in [0.05, 0.1) is 24.5 Å². The van der Waals surface area contributed by atoms with Crippen LogP contribution in [0.3, 0.4) is 0 Å². The van der Waals surface area contributed by atoms with Crippen molar-refractivity contribution < 1.29 is 33.8 Å². The number of ether oxygens (including phenoxy) is 1. The van der Waals surface area contributed by atoms with E-state index < -0.39 is 52.6 Å². The summed E-state index contributed by atoms with van der Waals surface area (Å²) in [6.45, 7) is 1.18. The summed E-state index contributed by atoms with van der Waals surface area (Å²) in [7, 11) is 1.55. The van der Waals surface area contributed by atoms with E-state index in [1.807, 2.05) is 0 Å². The van der Waals surface area contributed by atoms with Gasteiger partial charge in [-0.1, -0.05) is 24.3 Å². The van der Waals surface area contributed by atoms with Gasteiger partial charge in [0.15, 0.2) is 23.1 Å². The van der Waals surface area contributed by atoms with E-state index >= 15 is 0 Å². The fourth-order valence-electron chi connectivity index (χ4n) is 6.10. The van der Waals surface area contributed by atoms with Crippen LogP contribution in [0, 0.1) is 29.6 Å². The third-order valence-corrected chi connectivity index (χ3v) is 7.62. The van der Waals surface area contributed by atoms with Gasteiger partial charge in [0.2, 0.25) is 0 Å². The van der Waals surface area contributed by atoms with Gasteiger partial charge in [-0.05, 0) is 54.9 Å². The number of carbonyl (C=O) groups is 5. The molecule has 0 saturated heterocycles. The Morgan fingerprint density at radius 2 is 1.59 bits per heavy atom. The van der Waals surface area contributed by atoms with Crippen LogP contribution in [0.1, 0.15) is 35.7 Å². The normalized spacial score (nSPS) is 28.1. The molecule has 0 aliphatic heterocycles. The van der Waals surface area contributed by atoms with Gasteiger partial charge in [0.25, 0.3) is 0 Å². The van der Waals surface area contributed by atoms with E-state index in [4.69, 9.17) is 4.74 Å². The van der Waals surface area contributed by atoms with Crippen LogP contribution in [0.5, 0.6) is 11.5 Å². The van der Waals surface area contributed by atoms with E-state index in [-0.39, 0.29) is 23.7 Å². The molecule has 0 spiro atoms. The molecule has 7 nitrogen and oxygen atoms in total. The number of hydrogen-bond acceptors (Lipinski definition) is 7. The second-order valence-electron chi connectivity index (χ2n) is 9.52. The van der Waals surface area contributed by atoms with Crippen LogP contribution < -0.4 is 4.74 Å². The minimum atomic E-state index is -1.41.